The zero-order valence-corrected chi connectivity index (χ0v) is 15.3. The van der Waals surface area contributed by atoms with Crippen LogP contribution in [0.2, 0.25) is 0 Å². The van der Waals surface area contributed by atoms with Gasteiger partial charge in [0.25, 0.3) is 0 Å². The molecule has 5 nitrogen and oxygen atoms in total. The van der Waals surface area contributed by atoms with Gasteiger partial charge >= 0.3 is 0 Å². The molecule has 0 radical (unpaired) electrons. The highest BCUT2D eigenvalue weighted by Crippen LogP contribution is 2.33. The van der Waals surface area contributed by atoms with Crippen molar-refractivity contribution in [3.05, 3.63) is 51.2 Å². The van der Waals surface area contributed by atoms with Crippen LogP contribution >= 0.6 is 23.6 Å². The normalized spacial score (nSPS) is 17.8. The van der Waals surface area contributed by atoms with Crippen molar-refractivity contribution in [1.82, 2.24) is 24.2 Å². The van der Waals surface area contributed by atoms with Gasteiger partial charge in [0.2, 0.25) is 0 Å². The lowest BCUT2D eigenvalue weighted by Gasteiger charge is -2.33. The van der Waals surface area contributed by atoms with E-state index in [-0.39, 0.29) is 0 Å². The first kappa shape index (κ1) is 15.7. The Bertz CT molecular complexity index is 909. The third-order valence-electron chi connectivity index (χ3n) is 4.70. The molecule has 0 fully saturated rings. The molecule has 0 unspecified atom stereocenters. The molecular formula is C17H19N5S2. The summed E-state index contributed by atoms with van der Waals surface area (Å²) in [5.74, 6) is 0.878. The number of fused-ring (bicyclic) bond motifs is 1. The number of rotatable bonds is 3. The fourth-order valence-corrected chi connectivity index (χ4v) is 4.41. The average Bonchev–Trinajstić information content (AvgIpc) is 3.19. The van der Waals surface area contributed by atoms with Gasteiger partial charge in [0, 0.05) is 42.5 Å². The lowest BCUT2D eigenvalue weighted by atomic mass is 10.0. The van der Waals surface area contributed by atoms with Crippen molar-refractivity contribution in [3.63, 3.8) is 0 Å². The molecule has 7 heteroatoms. The molecule has 0 saturated carbocycles. The number of nitrogens with zero attached hydrogens (tertiary/aromatic N) is 5. The van der Waals surface area contributed by atoms with Gasteiger partial charge in [-0.2, -0.15) is 5.10 Å². The number of hydrogen-bond donors (Lipinski definition) is 0. The lowest BCUT2D eigenvalue weighted by Crippen LogP contribution is -2.35. The molecule has 0 bridgehead atoms. The van der Waals surface area contributed by atoms with Gasteiger partial charge < -0.3 is 4.57 Å². The summed E-state index contributed by atoms with van der Waals surface area (Å²) in [5.41, 5.74) is 2.48. The summed E-state index contributed by atoms with van der Waals surface area (Å²) in [4.78, 5) is 8.03. The molecule has 3 aromatic rings. The minimum atomic E-state index is 0.397. The third kappa shape index (κ3) is 2.62. The number of thiophene rings is 1. The van der Waals surface area contributed by atoms with Crippen LogP contribution in [0.5, 0.6) is 0 Å². The zero-order valence-electron chi connectivity index (χ0n) is 13.7. The highest BCUT2D eigenvalue weighted by Gasteiger charge is 2.25. The van der Waals surface area contributed by atoms with Crippen LogP contribution < -0.4 is 0 Å². The molecule has 0 spiro atoms. The number of hydrogen-bond acceptors (Lipinski definition) is 5. The van der Waals surface area contributed by atoms with Crippen LogP contribution in [0.15, 0.2) is 36.0 Å². The smallest absolute Gasteiger partial charge is 0.199 e. The van der Waals surface area contributed by atoms with E-state index in [9.17, 15) is 0 Å². The number of pyridine rings is 1. The molecule has 0 N–H and O–H groups in total. The molecule has 0 saturated heterocycles. The Kier molecular flexibility index (Phi) is 4.07. The van der Waals surface area contributed by atoms with E-state index in [1.807, 2.05) is 39.8 Å². The molecule has 1 atom stereocenters. The van der Waals surface area contributed by atoms with Gasteiger partial charge in [-0.15, -0.1) is 11.3 Å². The summed E-state index contributed by atoms with van der Waals surface area (Å²) in [7, 11) is 1.97. The van der Waals surface area contributed by atoms with Crippen LogP contribution in [0.4, 0.5) is 0 Å². The van der Waals surface area contributed by atoms with Gasteiger partial charge in [-0.05, 0) is 54.7 Å². The highest BCUT2D eigenvalue weighted by atomic mass is 32.1. The largest absolute Gasteiger partial charge is 0.303 e. The molecule has 1 aliphatic rings. The second-order valence-corrected chi connectivity index (χ2v) is 7.45. The first-order valence-corrected chi connectivity index (χ1v) is 9.28. The van der Waals surface area contributed by atoms with Gasteiger partial charge in [0.15, 0.2) is 10.6 Å². The monoisotopic (exact) mass is 357 g/mol. The Labute approximate surface area is 150 Å². The van der Waals surface area contributed by atoms with E-state index in [4.69, 9.17) is 17.3 Å². The average molecular weight is 358 g/mol. The van der Waals surface area contributed by atoms with Crippen molar-refractivity contribution in [3.8, 4) is 11.4 Å². The molecule has 24 heavy (non-hydrogen) atoms. The lowest BCUT2D eigenvalue weighted by molar-refractivity contribution is 0.144. The van der Waals surface area contributed by atoms with Crippen LogP contribution in [0.1, 0.15) is 23.4 Å². The maximum absolute atomic E-state index is 5.61. The van der Waals surface area contributed by atoms with Crippen molar-refractivity contribution in [2.24, 2.45) is 7.05 Å². The van der Waals surface area contributed by atoms with E-state index < -0.39 is 0 Å². The SMILES string of the molecule is C[C@H]1c2ccsc2CCN1Cn1nc(-c2ccncc2)n(C)c1=S. The van der Waals surface area contributed by atoms with Crippen LogP contribution in [-0.2, 0) is 20.1 Å². The summed E-state index contributed by atoms with van der Waals surface area (Å²) in [6.45, 7) is 4.02. The van der Waals surface area contributed by atoms with Gasteiger partial charge in [-0.3, -0.25) is 9.88 Å². The van der Waals surface area contributed by atoms with Crippen LogP contribution in [0.3, 0.4) is 0 Å². The second kappa shape index (κ2) is 6.23. The van der Waals surface area contributed by atoms with Crippen molar-refractivity contribution >= 4 is 23.6 Å². The van der Waals surface area contributed by atoms with Gasteiger partial charge in [0.05, 0.1) is 6.67 Å². The van der Waals surface area contributed by atoms with Crippen LogP contribution in [0.25, 0.3) is 11.4 Å². The van der Waals surface area contributed by atoms with Gasteiger partial charge in [0.1, 0.15) is 0 Å². The predicted octanol–water partition coefficient (Wildman–Crippen LogP) is 3.65. The molecule has 0 aromatic carbocycles. The minimum Gasteiger partial charge on any atom is -0.303 e. The Morgan fingerprint density at radius 2 is 2.08 bits per heavy atom. The molecular weight excluding hydrogens is 338 g/mol. The molecule has 124 valence electrons. The van der Waals surface area contributed by atoms with Gasteiger partial charge in [-0.1, -0.05) is 0 Å². The highest BCUT2D eigenvalue weighted by molar-refractivity contribution is 7.71. The second-order valence-electron chi connectivity index (χ2n) is 6.08. The van der Waals surface area contributed by atoms with E-state index in [2.05, 4.69) is 28.3 Å². The Morgan fingerprint density at radius 3 is 2.88 bits per heavy atom. The zero-order chi connectivity index (χ0) is 16.7. The summed E-state index contributed by atoms with van der Waals surface area (Å²) in [6.07, 6.45) is 4.67. The Balaban J connectivity index is 1.63. The van der Waals surface area contributed by atoms with E-state index in [0.29, 0.717) is 12.7 Å². The summed E-state index contributed by atoms with van der Waals surface area (Å²) in [6, 6.07) is 6.57. The van der Waals surface area contributed by atoms with Crippen molar-refractivity contribution in [2.75, 3.05) is 6.54 Å². The molecule has 4 rings (SSSR count). The van der Waals surface area contributed by atoms with Crippen molar-refractivity contribution in [1.29, 1.82) is 0 Å². The molecule has 0 amide bonds. The quantitative estimate of drug-likeness (QED) is 0.671. The minimum absolute atomic E-state index is 0.397. The third-order valence-corrected chi connectivity index (χ3v) is 6.18. The molecule has 3 aromatic heterocycles. The summed E-state index contributed by atoms with van der Waals surface area (Å²) >= 11 is 7.47. The standard InChI is InChI=1S/C17H19N5S2/c1-12-14-6-10-24-15(14)5-9-21(12)11-22-17(23)20(2)16(19-22)13-3-7-18-8-4-13/h3-4,6-8,10,12H,5,9,11H2,1-2H3/t12-/m0/s1. The van der Waals surface area contributed by atoms with Gasteiger partial charge in [-0.25, -0.2) is 4.68 Å². The molecule has 1 aliphatic heterocycles. The van der Waals surface area contributed by atoms with E-state index in [1.54, 1.807) is 12.4 Å². The maximum Gasteiger partial charge on any atom is 0.199 e. The van der Waals surface area contributed by atoms with E-state index in [0.717, 1.165) is 29.1 Å². The first-order valence-electron chi connectivity index (χ1n) is 7.99. The fourth-order valence-electron chi connectivity index (χ4n) is 3.26. The Hall–Kier alpha value is -1.83. The summed E-state index contributed by atoms with van der Waals surface area (Å²) in [5, 5.41) is 6.95. The Morgan fingerprint density at radius 1 is 1.29 bits per heavy atom. The maximum atomic E-state index is 5.61. The fraction of sp³-hybridized carbons (Fsp3) is 0.353. The number of aromatic nitrogens is 4. The molecule has 0 aliphatic carbocycles. The van der Waals surface area contributed by atoms with Crippen LogP contribution in [0, 0.1) is 4.77 Å². The summed E-state index contributed by atoms with van der Waals surface area (Å²) < 4.78 is 4.64. The van der Waals surface area contributed by atoms with E-state index >= 15 is 0 Å². The first-order chi connectivity index (χ1) is 11.6. The van der Waals surface area contributed by atoms with Crippen LogP contribution in [-0.4, -0.2) is 30.8 Å². The predicted molar refractivity (Wildman–Crippen MR) is 98.4 cm³/mol. The molecule has 4 heterocycles. The van der Waals surface area contributed by atoms with E-state index in [1.165, 1.54) is 10.4 Å². The topological polar surface area (TPSA) is 38.9 Å². The van der Waals surface area contributed by atoms with Crippen molar-refractivity contribution < 1.29 is 0 Å². The van der Waals surface area contributed by atoms with Crippen molar-refractivity contribution in [2.45, 2.75) is 26.1 Å².